The van der Waals surface area contributed by atoms with Crippen molar-refractivity contribution < 1.29 is 9.47 Å². The number of pyridine rings is 1. The van der Waals surface area contributed by atoms with E-state index in [9.17, 15) is 0 Å². The van der Waals surface area contributed by atoms with Gasteiger partial charge in [0, 0.05) is 6.20 Å². The van der Waals surface area contributed by atoms with Crippen LogP contribution in [0.2, 0.25) is 0 Å². The number of hydrogen-bond donors (Lipinski definition) is 1. The molecule has 0 saturated heterocycles. The number of nitrogens with two attached hydrogens (primary N) is 1. The molecule has 100 valence electrons. The molecule has 19 heavy (non-hydrogen) atoms. The van der Waals surface area contributed by atoms with Crippen molar-refractivity contribution in [1.29, 1.82) is 0 Å². The van der Waals surface area contributed by atoms with Gasteiger partial charge in [-0.3, -0.25) is 0 Å². The van der Waals surface area contributed by atoms with E-state index < -0.39 is 0 Å². The number of hydrogen-bond acceptors (Lipinski definition) is 4. The number of rotatable bonds is 5. The molecule has 0 fully saturated rings. The maximum atomic E-state index is 5.90. The molecule has 1 heterocycles. The van der Waals surface area contributed by atoms with Crippen molar-refractivity contribution in [3.8, 4) is 17.4 Å². The minimum Gasteiger partial charge on any atom is -0.488 e. The van der Waals surface area contributed by atoms with Crippen molar-refractivity contribution in [1.82, 2.24) is 4.98 Å². The van der Waals surface area contributed by atoms with E-state index in [0.29, 0.717) is 29.7 Å². The average molecular weight is 323 g/mol. The van der Waals surface area contributed by atoms with E-state index in [-0.39, 0.29) is 0 Å². The third kappa shape index (κ3) is 3.38. The summed E-state index contributed by atoms with van der Waals surface area (Å²) in [4.78, 5) is 4.19. The van der Waals surface area contributed by atoms with Gasteiger partial charge in [0.2, 0.25) is 0 Å². The Morgan fingerprint density at radius 3 is 2.84 bits per heavy atom. The normalized spacial score (nSPS) is 10.2. The predicted octanol–water partition coefficient (Wildman–Crippen LogP) is 4.01. The van der Waals surface area contributed by atoms with Crippen LogP contribution in [0.25, 0.3) is 0 Å². The summed E-state index contributed by atoms with van der Waals surface area (Å²) in [7, 11) is 0. The summed E-state index contributed by atoms with van der Waals surface area (Å²) in [6, 6.07) is 9.11. The highest BCUT2D eigenvalue weighted by Crippen LogP contribution is 2.37. The maximum Gasteiger partial charge on any atom is 0.262 e. The number of para-hydroxylation sites is 1. The quantitative estimate of drug-likeness (QED) is 0.845. The van der Waals surface area contributed by atoms with Gasteiger partial charge in [-0.05, 0) is 46.6 Å². The second-order valence-corrected chi connectivity index (χ2v) is 4.77. The van der Waals surface area contributed by atoms with E-state index in [1.165, 1.54) is 0 Å². The molecule has 1 aromatic heterocycles. The molecule has 0 aliphatic rings. The Bertz CT molecular complexity index is 541. The SMILES string of the molecule is CCCOc1cccnc1Oc1c(N)cccc1Br. The molecule has 0 radical (unpaired) electrons. The zero-order valence-corrected chi connectivity index (χ0v) is 12.2. The number of anilines is 1. The summed E-state index contributed by atoms with van der Waals surface area (Å²) in [5.41, 5.74) is 6.44. The molecule has 1 aromatic carbocycles. The topological polar surface area (TPSA) is 57.4 Å². The van der Waals surface area contributed by atoms with Crippen LogP contribution in [0.15, 0.2) is 41.0 Å². The monoisotopic (exact) mass is 322 g/mol. The highest BCUT2D eigenvalue weighted by molar-refractivity contribution is 9.10. The van der Waals surface area contributed by atoms with Crippen LogP contribution in [0.3, 0.4) is 0 Å². The lowest BCUT2D eigenvalue weighted by Crippen LogP contribution is -2.00. The molecule has 0 amide bonds. The van der Waals surface area contributed by atoms with E-state index in [1.807, 2.05) is 25.1 Å². The Labute approximate surface area is 120 Å². The van der Waals surface area contributed by atoms with Crippen molar-refractivity contribution >= 4 is 21.6 Å². The fraction of sp³-hybridized carbons (Fsp3) is 0.214. The Balaban J connectivity index is 2.28. The van der Waals surface area contributed by atoms with Gasteiger partial charge in [-0.1, -0.05) is 13.0 Å². The van der Waals surface area contributed by atoms with E-state index in [1.54, 1.807) is 18.3 Å². The number of nitrogens with zero attached hydrogens (tertiary/aromatic N) is 1. The van der Waals surface area contributed by atoms with Crippen LogP contribution in [-0.2, 0) is 0 Å². The van der Waals surface area contributed by atoms with Gasteiger partial charge in [-0.2, -0.15) is 0 Å². The van der Waals surface area contributed by atoms with E-state index in [2.05, 4.69) is 20.9 Å². The molecule has 2 N–H and O–H groups in total. The van der Waals surface area contributed by atoms with Crippen LogP contribution in [0.5, 0.6) is 17.4 Å². The molecule has 0 bridgehead atoms. The van der Waals surface area contributed by atoms with Gasteiger partial charge < -0.3 is 15.2 Å². The van der Waals surface area contributed by atoms with Crippen LogP contribution in [0, 0.1) is 0 Å². The molecular weight excluding hydrogens is 308 g/mol. The predicted molar refractivity (Wildman–Crippen MR) is 78.7 cm³/mol. The van der Waals surface area contributed by atoms with Crippen molar-refractivity contribution in [2.75, 3.05) is 12.3 Å². The summed E-state index contributed by atoms with van der Waals surface area (Å²) in [5.74, 6) is 1.57. The fourth-order valence-electron chi connectivity index (χ4n) is 1.50. The van der Waals surface area contributed by atoms with Gasteiger partial charge >= 0.3 is 0 Å². The standard InChI is InChI=1S/C14H15BrN2O2/c1-2-9-18-12-7-4-8-17-14(12)19-13-10(15)5-3-6-11(13)16/h3-8H,2,9,16H2,1H3. The Hall–Kier alpha value is -1.75. The summed E-state index contributed by atoms with van der Waals surface area (Å²) >= 11 is 3.41. The summed E-state index contributed by atoms with van der Waals surface area (Å²) in [6.07, 6.45) is 2.58. The fourth-order valence-corrected chi connectivity index (χ4v) is 1.97. The third-order valence-electron chi connectivity index (χ3n) is 2.39. The van der Waals surface area contributed by atoms with Crippen LogP contribution in [0.1, 0.15) is 13.3 Å². The first-order valence-corrected chi connectivity index (χ1v) is 6.81. The molecule has 0 aliphatic heterocycles. The number of aromatic nitrogens is 1. The van der Waals surface area contributed by atoms with Crippen LogP contribution >= 0.6 is 15.9 Å². The van der Waals surface area contributed by atoms with Crippen LogP contribution < -0.4 is 15.2 Å². The number of ether oxygens (including phenoxy) is 2. The minimum atomic E-state index is 0.412. The maximum absolute atomic E-state index is 5.90. The molecule has 4 nitrogen and oxygen atoms in total. The molecule has 0 aliphatic carbocycles. The summed E-state index contributed by atoms with van der Waals surface area (Å²) < 4.78 is 12.1. The molecule has 0 spiro atoms. The molecule has 0 atom stereocenters. The van der Waals surface area contributed by atoms with Gasteiger partial charge in [-0.15, -0.1) is 0 Å². The first-order valence-electron chi connectivity index (χ1n) is 6.02. The molecule has 5 heteroatoms. The third-order valence-corrected chi connectivity index (χ3v) is 3.02. The van der Waals surface area contributed by atoms with Gasteiger partial charge in [0.05, 0.1) is 16.8 Å². The molecule has 0 saturated carbocycles. The van der Waals surface area contributed by atoms with Crippen LogP contribution in [0.4, 0.5) is 5.69 Å². The summed E-state index contributed by atoms with van der Waals surface area (Å²) in [6.45, 7) is 2.66. The first kappa shape index (κ1) is 13.7. The molecule has 2 aromatic rings. The lowest BCUT2D eigenvalue weighted by Gasteiger charge is -2.13. The van der Waals surface area contributed by atoms with E-state index in [4.69, 9.17) is 15.2 Å². The molecule has 2 rings (SSSR count). The highest BCUT2D eigenvalue weighted by Gasteiger charge is 2.11. The van der Waals surface area contributed by atoms with Crippen LogP contribution in [-0.4, -0.2) is 11.6 Å². The van der Waals surface area contributed by atoms with Gasteiger partial charge in [0.1, 0.15) is 0 Å². The Morgan fingerprint density at radius 2 is 2.11 bits per heavy atom. The average Bonchev–Trinajstić information content (AvgIpc) is 2.42. The Morgan fingerprint density at radius 1 is 1.26 bits per heavy atom. The smallest absolute Gasteiger partial charge is 0.262 e. The van der Waals surface area contributed by atoms with Gasteiger partial charge in [0.25, 0.3) is 5.88 Å². The number of benzene rings is 1. The number of nitrogen functional groups attached to an aromatic ring is 1. The van der Waals surface area contributed by atoms with Crippen molar-refractivity contribution in [3.63, 3.8) is 0 Å². The number of halogens is 1. The zero-order chi connectivity index (χ0) is 13.7. The Kier molecular flexibility index (Phi) is 4.63. The lowest BCUT2D eigenvalue weighted by molar-refractivity contribution is 0.298. The van der Waals surface area contributed by atoms with E-state index >= 15 is 0 Å². The lowest BCUT2D eigenvalue weighted by atomic mass is 10.3. The first-order chi connectivity index (χ1) is 9.22. The zero-order valence-electron chi connectivity index (χ0n) is 10.6. The van der Waals surface area contributed by atoms with Crippen molar-refractivity contribution in [2.24, 2.45) is 0 Å². The summed E-state index contributed by atoms with van der Waals surface area (Å²) in [5, 5.41) is 0. The van der Waals surface area contributed by atoms with Crippen molar-refractivity contribution in [2.45, 2.75) is 13.3 Å². The largest absolute Gasteiger partial charge is 0.488 e. The van der Waals surface area contributed by atoms with Gasteiger partial charge in [0.15, 0.2) is 11.5 Å². The molecule has 0 unspecified atom stereocenters. The van der Waals surface area contributed by atoms with Crippen molar-refractivity contribution in [3.05, 3.63) is 41.0 Å². The second-order valence-electron chi connectivity index (χ2n) is 3.92. The highest BCUT2D eigenvalue weighted by atomic mass is 79.9. The second kappa shape index (κ2) is 6.43. The van der Waals surface area contributed by atoms with E-state index in [0.717, 1.165) is 10.9 Å². The van der Waals surface area contributed by atoms with Gasteiger partial charge in [-0.25, -0.2) is 4.98 Å². The molecular formula is C14H15BrN2O2. The minimum absolute atomic E-state index is 0.412.